The van der Waals surface area contributed by atoms with Crippen LogP contribution in [-0.2, 0) is 9.53 Å². The van der Waals surface area contributed by atoms with Gasteiger partial charge in [-0.05, 0) is 40.5 Å². The summed E-state index contributed by atoms with van der Waals surface area (Å²) in [6, 6.07) is -0.218. The minimum atomic E-state index is -0.507. The Morgan fingerprint density at radius 3 is 2.29 bits per heavy atom. The van der Waals surface area contributed by atoms with Gasteiger partial charge < -0.3 is 14.6 Å². The summed E-state index contributed by atoms with van der Waals surface area (Å²) >= 11 is 0. The Labute approximate surface area is 103 Å². The van der Waals surface area contributed by atoms with Crippen molar-refractivity contribution >= 4 is 12.4 Å². The number of aliphatic hydroxyl groups is 1. The predicted molar refractivity (Wildman–Crippen MR) is 64.8 cm³/mol. The average molecular weight is 245 g/mol. The van der Waals surface area contributed by atoms with Gasteiger partial charge in [-0.2, -0.15) is 0 Å². The maximum absolute atomic E-state index is 11.8. The van der Waals surface area contributed by atoms with E-state index in [1.54, 1.807) is 0 Å². The van der Waals surface area contributed by atoms with Crippen LogP contribution in [0.25, 0.3) is 0 Å². The fourth-order valence-electron chi connectivity index (χ4n) is 1.78. The molecule has 1 aliphatic heterocycles. The molecule has 0 aliphatic carbocycles. The second-order valence-corrected chi connectivity index (χ2v) is 5.02. The molecule has 100 valence electrons. The topological polar surface area (TPSA) is 66.8 Å². The molecule has 1 rings (SSSR count). The number of aldehydes is 1. The second kappa shape index (κ2) is 6.59. The van der Waals surface area contributed by atoms with Crippen molar-refractivity contribution in [1.82, 2.24) is 4.90 Å². The van der Waals surface area contributed by atoms with E-state index in [1.807, 2.05) is 27.7 Å². The van der Waals surface area contributed by atoms with Crippen LogP contribution in [0, 0.1) is 0 Å². The molecular formula is C12H23NO4. The molecule has 0 saturated carbocycles. The normalized spacial score (nSPS) is 23.8. The fraction of sp³-hybridized carbons (Fsp3) is 0.833. The van der Waals surface area contributed by atoms with Crippen LogP contribution in [0.3, 0.4) is 0 Å². The first-order valence-electron chi connectivity index (χ1n) is 5.76. The van der Waals surface area contributed by atoms with E-state index in [4.69, 9.17) is 9.84 Å². The van der Waals surface area contributed by atoms with Crippen molar-refractivity contribution in [2.24, 2.45) is 0 Å². The molecule has 1 amide bonds. The van der Waals surface area contributed by atoms with Crippen molar-refractivity contribution in [2.75, 3.05) is 7.11 Å². The highest BCUT2D eigenvalue weighted by Gasteiger charge is 2.36. The molecule has 5 nitrogen and oxygen atoms in total. The molecular weight excluding hydrogens is 222 g/mol. The molecule has 1 saturated heterocycles. The number of carbonyl (C=O) groups excluding carboxylic acids is 2. The summed E-state index contributed by atoms with van der Waals surface area (Å²) in [6.07, 6.45) is 2.05. The van der Waals surface area contributed by atoms with Gasteiger partial charge in [-0.3, -0.25) is 4.90 Å². The lowest BCUT2D eigenvalue weighted by atomic mass is 10.2. The van der Waals surface area contributed by atoms with Crippen molar-refractivity contribution in [2.45, 2.75) is 58.2 Å². The molecule has 1 aliphatic rings. The fourth-order valence-corrected chi connectivity index (χ4v) is 1.78. The molecule has 1 N–H and O–H groups in total. The van der Waals surface area contributed by atoms with Gasteiger partial charge in [-0.1, -0.05) is 0 Å². The van der Waals surface area contributed by atoms with Gasteiger partial charge in [0.2, 0.25) is 0 Å². The first-order chi connectivity index (χ1) is 7.85. The van der Waals surface area contributed by atoms with Crippen molar-refractivity contribution in [3.05, 3.63) is 0 Å². The average Bonchev–Trinajstić information content (AvgIpc) is 2.60. The zero-order chi connectivity index (χ0) is 13.6. The number of hydrogen-bond acceptors (Lipinski definition) is 4. The van der Waals surface area contributed by atoms with E-state index in [2.05, 4.69) is 0 Å². The lowest BCUT2D eigenvalue weighted by Crippen LogP contribution is -2.43. The molecule has 0 aromatic rings. The molecule has 0 aromatic heterocycles. The van der Waals surface area contributed by atoms with Crippen LogP contribution < -0.4 is 0 Å². The third-order valence-electron chi connectivity index (χ3n) is 2.47. The van der Waals surface area contributed by atoms with Gasteiger partial charge in [-0.15, -0.1) is 0 Å². The first-order valence-corrected chi connectivity index (χ1v) is 5.76. The van der Waals surface area contributed by atoms with Crippen LogP contribution in [0.15, 0.2) is 0 Å². The molecule has 0 spiro atoms. The van der Waals surface area contributed by atoms with Gasteiger partial charge in [0.15, 0.2) is 0 Å². The standard InChI is InChI=1S/C11H19NO3.CH4O/c1-8-5-6-9(7-13)12(8)10(14)15-11(2,3)4;1-2/h7-9H,5-6H2,1-4H3;2H,1H3. The van der Waals surface area contributed by atoms with Crippen LogP contribution in [0.2, 0.25) is 0 Å². The highest BCUT2D eigenvalue weighted by Crippen LogP contribution is 2.24. The van der Waals surface area contributed by atoms with E-state index >= 15 is 0 Å². The first kappa shape index (κ1) is 15.9. The van der Waals surface area contributed by atoms with Crippen molar-refractivity contribution < 1.29 is 19.4 Å². The highest BCUT2D eigenvalue weighted by atomic mass is 16.6. The van der Waals surface area contributed by atoms with Crippen molar-refractivity contribution in [1.29, 1.82) is 0 Å². The SMILES string of the molecule is CC1CCC(C=O)N1C(=O)OC(C)(C)C.CO. The highest BCUT2D eigenvalue weighted by molar-refractivity contribution is 5.74. The molecule has 5 heteroatoms. The van der Waals surface area contributed by atoms with Crippen LogP contribution in [-0.4, -0.2) is 47.2 Å². The summed E-state index contributed by atoms with van der Waals surface area (Å²) in [6.45, 7) is 7.40. The molecule has 2 atom stereocenters. The van der Waals surface area contributed by atoms with E-state index in [9.17, 15) is 9.59 Å². The summed E-state index contributed by atoms with van der Waals surface area (Å²) in [5.41, 5.74) is -0.507. The van der Waals surface area contributed by atoms with Crippen LogP contribution in [0.4, 0.5) is 4.79 Å². The van der Waals surface area contributed by atoms with E-state index in [0.29, 0.717) is 0 Å². The number of ether oxygens (including phenoxy) is 1. The quantitative estimate of drug-likeness (QED) is 0.712. The van der Waals surface area contributed by atoms with Crippen LogP contribution in [0.5, 0.6) is 0 Å². The van der Waals surface area contributed by atoms with Crippen molar-refractivity contribution in [3.63, 3.8) is 0 Å². The van der Waals surface area contributed by atoms with Crippen LogP contribution in [0.1, 0.15) is 40.5 Å². The molecule has 0 radical (unpaired) electrons. The number of aliphatic hydroxyl groups excluding tert-OH is 1. The summed E-state index contributed by atoms with van der Waals surface area (Å²) in [5, 5.41) is 7.00. The smallest absolute Gasteiger partial charge is 0.411 e. The Bertz CT molecular complexity index is 260. The van der Waals surface area contributed by atoms with Gasteiger partial charge in [0.25, 0.3) is 0 Å². The zero-order valence-corrected chi connectivity index (χ0v) is 11.3. The number of hydrogen-bond donors (Lipinski definition) is 1. The lowest BCUT2D eigenvalue weighted by molar-refractivity contribution is -0.112. The lowest BCUT2D eigenvalue weighted by Gasteiger charge is -2.29. The zero-order valence-electron chi connectivity index (χ0n) is 11.3. The Morgan fingerprint density at radius 2 is 1.88 bits per heavy atom. The maximum Gasteiger partial charge on any atom is 0.411 e. The summed E-state index contributed by atoms with van der Waals surface area (Å²) in [5.74, 6) is 0. The monoisotopic (exact) mass is 245 g/mol. The summed E-state index contributed by atoms with van der Waals surface area (Å²) in [7, 11) is 1.00. The minimum Gasteiger partial charge on any atom is -0.444 e. The molecule has 17 heavy (non-hydrogen) atoms. The summed E-state index contributed by atoms with van der Waals surface area (Å²) < 4.78 is 5.25. The van der Waals surface area contributed by atoms with E-state index in [0.717, 1.165) is 26.2 Å². The van der Waals surface area contributed by atoms with E-state index in [-0.39, 0.29) is 18.2 Å². The second-order valence-electron chi connectivity index (χ2n) is 5.02. The van der Waals surface area contributed by atoms with E-state index < -0.39 is 5.60 Å². The molecule has 0 aromatic carbocycles. The summed E-state index contributed by atoms with van der Waals surface area (Å²) in [4.78, 5) is 24.1. The predicted octanol–water partition coefficient (Wildman–Crippen LogP) is 1.58. The van der Waals surface area contributed by atoms with Gasteiger partial charge in [0.1, 0.15) is 11.9 Å². The third-order valence-corrected chi connectivity index (χ3v) is 2.47. The molecule has 0 bridgehead atoms. The molecule has 2 unspecified atom stereocenters. The van der Waals surface area contributed by atoms with Crippen LogP contribution >= 0.6 is 0 Å². The largest absolute Gasteiger partial charge is 0.444 e. The van der Waals surface area contributed by atoms with Gasteiger partial charge in [-0.25, -0.2) is 4.79 Å². The maximum atomic E-state index is 11.8. The van der Waals surface area contributed by atoms with E-state index in [1.165, 1.54) is 4.90 Å². The Balaban J connectivity index is 0.00000121. The third kappa shape index (κ3) is 4.73. The molecule has 1 fully saturated rings. The number of likely N-dealkylation sites (tertiary alicyclic amines) is 1. The number of nitrogens with zero attached hydrogens (tertiary/aromatic N) is 1. The van der Waals surface area contributed by atoms with Crippen molar-refractivity contribution in [3.8, 4) is 0 Å². The Kier molecular flexibility index (Phi) is 6.16. The molecule has 1 heterocycles. The Morgan fingerprint density at radius 1 is 1.35 bits per heavy atom. The Hall–Kier alpha value is -1.10. The van der Waals surface area contributed by atoms with Gasteiger partial charge >= 0.3 is 6.09 Å². The number of amides is 1. The van der Waals surface area contributed by atoms with Gasteiger partial charge in [0.05, 0.1) is 6.04 Å². The minimum absolute atomic E-state index is 0.0926. The van der Waals surface area contributed by atoms with Gasteiger partial charge in [0, 0.05) is 13.2 Å². The number of rotatable bonds is 1. The number of carbonyl (C=O) groups is 2.